The fourth-order valence-electron chi connectivity index (χ4n) is 1.49. The van der Waals surface area contributed by atoms with Crippen LogP contribution in [0.25, 0.3) is 10.4 Å². The van der Waals surface area contributed by atoms with Crippen LogP contribution in [0, 0.1) is 0 Å². The molecule has 1 heterocycles. The average molecular weight is 296 g/mol. The molecule has 0 aliphatic rings. The second-order valence-electron chi connectivity index (χ2n) is 4.37. The summed E-state index contributed by atoms with van der Waals surface area (Å²) in [6.45, 7) is 4.06. The molecule has 0 saturated heterocycles. The van der Waals surface area contributed by atoms with Gasteiger partial charge in [-0.1, -0.05) is 34.1 Å². The van der Waals surface area contributed by atoms with E-state index in [4.69, 9.17) is 5.73 Å². The van der Waals surface area contributed by atoms with E-state index in [9.17, 15) is 0 Å². The molecule has 0 atom stereocenters. The zero-order valence-electron chi connectivity index (χ0n) is 9.33. The standard InChI is InChI=1S/C13H14BrNS/c1-13(2,15)12-8-7-11(16-12)9-5-3-4-6-10(9)14/h3-8H,15H2,1-2H3. The number of nitrogens with two attached hydrogens (primary N) is 1. The molecule has 84 valence electrons. The third-order valence-electron chi connectivity index (χ3n) is 2.38. The number of hydrogen-bond donors (Lipinski definition) is 1. The molecule has 2 rings (SSSR count). The highest BCUT2D eigenvalue weighted by Crippen LogP contribution is 2.36. The van der Waals surface area contributed by atoms with Gasteiger partial charge in [-0.15, -0.1) is 11.3 Å². The molecule has 1 aromatic heterocycles. The molecular weight excluding hydrogens is 282 g/mol. The number of benzene rings is 1. The molecule has 0 amide bonds. The van der Waals surface area contributed by atoms with Crippen molar-refractivity contribution in [2.24, 2.45) is 5.73 Å². The molecule has 2 aromatic rings. The van der Waals surface area contributed by atoms with Crippen LogP contribution in [0.2, 0.25) is 0 Å². The SMILES string of the molecule is CC(C)(N)c1ccc(-c2ccccc2Br)s1. The van der Waals surface area contributed by atoms with Gasteiger partial charge in [0.1, 0.15) is 0 Å². The second kappa shape index (κ2) is 4.32. The largest absolute Gasteiger partial charge is 0.321 e. The first-order valence-corrected chi connectivity index (χ1v) is 6.73. The van der Waals surface area contributed by atoms with Crippen molar-refractivity contribution in [2.45, 2.75) is 19.4 Å². The zero-order chi connectivity index (χ0) is 11.8. The molecule has 1 aromatic carbocycles. The average Bonchev–Trinajstić information content (AvgIpc) is 2.66. The van der Waals surface area contributed by atoms with Crippen LogP contribution in [0.1, 0.15) is 18.7 Å². The van der Waals surface area contributed by atoms with Gasteiger partial charge in [-0.2, -0.15) is 0 Å². The van der Waals surface area contributed by atoms with Crippen LogP contribution < -0.4 is 5.73 Å². The van der Waals surface area contributed by atoms with Gasteiger partial charge >= 0.3 is 0 Å². The minimum absolute atomic E-state index is 0.260. The smallest absolute Gasteiger partial charge is 0.0446 e. The lowest BCUT2D eigenvalue weighted by molar-refractivity contribution is 0.567. The maximum atomic E-state index is 6.08. The monoisotopic (exact) mass is 295 g/mol. The van der Waals surface area contributed by atoms with Crippen LogP contribution in [0.15, 0.2) is 40.9 Å². The van der Waals surface area contributed by atoms with Crippen molar-refractivity contribution in [2.75, 3.05) is 0 Å². The van der Waals surface area contributed by atoms with Crippen LogP contribution in [-0.4, -0.2) is 0 Å². The Bertz CT molecular complexity index is 497. The fourth-order valence-corrected chi connectivity index (χ4v) is 3.18. The summed E-state index contributed by atoms with van der Waals surface area (Å²) in [4.78, 5) is 2.46. The summed E-state index contributed by atoms with van der Waals surface area (Å²) in [5.74, 6) is 0. The van der Waals surface area contributed by atoms with Crippen molar-refractivity contribution in [3.05, 3.63) is 45.7 Å². The lowest BCUT2D eigenvalue weighted by atomic mass is 10.1. The van der Waals surface area contributed by atoms with Gasteiger partial charge < -0.3 is 5.73 Å². The van der Waals surface area contributed by atoms with Gasteiger partial charge in [0, 0.05) is 25.3 Å². The quantitative estimate of drug-likeness (QED) is 0.875. The van der Waals surface area contributed by atoms with Gasteiger partial charge in [-0.05, 0) is 32.0 Å². The summed E-state index contributed by atoms with van der Waals surface area (Å²) in [7, 11) is 0. The van der Waals surface area contributed by atoms with E-state index in [1.165, 1.54) is 15.3 Å². The van der Waals surface area contributed by atoms with Crippen molar-refractivity contribution in [1.82, 2.24) is 0 Å². The third-order valence-corrected chi connectivity index (χ3v) is 4.53. The van der Waals surface area contributed by atoms with Crippen LogP contribution in [-0.2, 0) is 5.54 Å². The Labute approximate surface area is 108 Å². The first-order valence-electron chi connectivity index (χ1n) is 5.12. The molecule has 2 N–H and O–H groups in total. The van der Waals surface area contributed by atoms with E-state index in [0.29, 0.717) is 0 Å². The molecule has 0 saturated carbocycles. The van der Waals surface area contributed by atoms with Gasteiger partial charge in [0.25, 0.3) is 0 Å². The highest BCUT2D eigenvalue weighted by molar-refractivity contribution is 9.10. The minimum Gasteiger partial charge on any atom is -0.321 e. The van der Waals surface area contributed by atoms with Gasteiger partial charge in [0.2, 0.25) is 0 Å². The van der Waals surface area contributed by atoms with E-state index in [2.05, 4.69) is 40.2 Å². The highest BCUT2D eigenvalue weighted by Gasteiger charge is 2.17. The zero-order valence-corrected chi connectivity index (χ0v) is 11.7. The summed E-state index contributed by atoms with van der Waals surface area (Å²) in [6.07, 6.45) is 0. The van der Waals surface area contributed by atoms with Gasteiger partial charge in [0.05, 0.1) is 0 Å². The van der Waals surface area contributed by atoms with Crippen molar-refractivity contribution >= 4 is 27.3 Å². The van der Waals surface area contributed by atoms with Crippen LogP contribution in [0.4, 0.5) is 0 Å². The van der Waals surface area contributed by atoms with Gasteiger partial charge in [0.15, 0.2) is 0 Å². The highest BCUT2D eigenvalue weighted by atomic mass is 79.9. The maximum absolute atomic E-state index is 6.08. The van der Waals surface area contributed by atoms with E-state index in [0.717, 1.165) is 4.47 Å². The minimum atomic E-state index is -0.260. The van der Waals surface area contributed by atoms with E-state index in [1.807, 2.05) is 26.0 Å². The van der Waals surface area contributed by atoms with Gasteiger partial charge in [-0.3, -0.25) is 0 Å². The molecule has 16 heavy (non-hydrogen) atoms. The Hall–Kier alpha value is -0.640. The van der Waals surface area contributed by atoms with Crippen LogP contribution >= 0.6 is 27.3 Å². The summed E-state index contributed by atoms with van der Waals surface area (Å²) in [5, 5.41) is 0. The van der Waals surface area contributed by atoms with Gasteiger partial charge in [-0.25, -0.2) is 0 Å². The van der Waals surface area contributed by atoms with Crippen molar-refractivity contribution in [1.29, 1.82) is 0 Å². The predicted molar refractivity (Wildman–Crippen MR) is 74.7 cm³/mol. The molecule has 0 spiro atoms. The summed E-state index contributed by atoms with van der Waals surface area (Å²) in [5.41, 5.74) is 7.05. The summed E-state index contributed by atoms with van der Waals surface area (Å²) in [6, 6.07) is 12.5. The number of halogens is 1. The molecule has 0 unspecified atom stereocenters. The van der Waals surface area contributed by atoms with E-state index < -0.39 is 0 Å². The van der Waals surface area contributed by atoms with Crippen LogP contribution in [0.3, 0.4) is 0 Å². The Kier molecular flexibility index (Phi) is 3.19. The molecule has 1 nitrogen and oxygen atoms in total. The van der Waals surface area contributed by atoms with E-state index >= 15 is 0 Å². The first-order chi connectivity index (χ1) is 7.48. The lowest BCUT2D eigenvalue weighted by Crippen LogP contribution is -2.27. The molecule has 0 aliphatic heterocycles. The Morgan fingerprint density at radius 1 is 1.12 bits per heavy atom. The van der Waals surface area contributed by atoms with Crippen molar-refractivity contribution in [3.8, 4) is 10.4 Å². The molecule has 0 fully saturated rings. The number of hydrogen-bond acceptors (Lipinski definition) is 2. The van der Waals surface area contributed by atoms with Crippen LogP contribution in [0.5, 0.6) is 0 Å². The Morgan fingerprint density at radius 3 is 2.38 bits per heavy atom. The Morgan fingerprint density at radius 2 is 1.81 bits per heavy atom. The molecule has 0 radical (unpaired) electrons. The van der Waals surface area contributed by atoms with E-state index in [-0.39, 0.29) is 5.54 Å². The van der Waals surface area contributed by atoms with Crippen molar-refractivity contribution < 1.29 is 0 Å². The van der Waals surface area contributed by atoms with Crippen molar-refractivity contribution in [3.63, 3.8) is 0 Å². The second-order valence-corrected chi connectivity index (χ2v) is 6.30. The first kappa shape index (κ1) is 11.8. The molecule has 0 bridgehead atoms. The lowest BCUT2D eigenvalue weighted by Gasteiger charge is -2.15. The topological polar surface area (TPSA) is 26.0 Å². The third kappa shape index (κ3) is 2.37. The number of rotatable bonds is 2. The Balaban J connectivity index is 2.44. The summed E-state index contributed by atoms with van der Waals surface area (Å²) >= 11 is 5.32. The fraction of sp³-hybridized carbons (Fsp3) is 0.231. The molecule has 0 aliphatic carbocycles. The number of thiophene rings is 1. The summed E-state index contributed by atoms with van der Waals surface area (Å²) < 4.78 is 1.12. The normalized spacial score (nSPS) is 11.8. The molecule has 3 heteroatoms. The predicted octanol–water partition coefficient (Wildman–Crippen LogP) is 4.37. The molecular formula is C13H14BrNS. The maximum Gasteiger partial charge on any atom is 0.0446 e. The van der Waals surface area contributed by atoms with E-state index in [1.54, 1.807) is 11.3 Å².